The summed E-state index contributed by atoms with van der Waals surface area (Å²) in [6.45, 7) is 15.5. The number of hydrogen-bond acceptors (Lipinski definition) is 5. The predicted octanol–water partition coefficient (Wildman–Crippen LogP) is 6.70. The number of benzene rings is 1. The molecule has 1 aromatic rings. The third-order valence-electron chi connectivity index (χ3n) is 11.6. The molecule has 0 aromatic heterocycles. The maximum atomic E-state index is 13.6. The number of hydrogen-bond donors (Lipinski definition) is 3. The summed E-state index contributed by atoms with van der Waals surface area (Å²) < 4.78 is 5.24. The van der Waals surface area contributed by atoms with Crippen LogP contribution in [0.1, 0.15) is 108 Å². The molecule has 3 N–H and O–H groups in total. The van der Waals surface area contributed by atoms with Crippen LogP contribution in [0.25, 0.3) is 0 Å². The van der Waals surface area contributed by atoms with Crippen LogP contribution in [0.15, 0.2) is 17.7 Å². The minimum atomic E-state index is -0.387. The number of phenolic OH excluding ortho intramolecular Hbond substituents is 2. The molecule has 1 aromatic carbocycles. The van der Waals surface area contributed by atoms with E-state index in [1.807, 2.05) is 13.0 Å². The van der Waals surface area contributed by atoms with Crippen molar-refractivity contribution in [2.24, 2.45) is 22.2 Å². The Morgan fingerprint density at radius 2 is 1.73 bits per heavy atom. The number of rotatable bonds is 2. The standard InChI is InChI=1S/C31H43NO5/c1-8-37-26(36)32-28(4)11-9-27(3)10-13-30(6)22-16-20(33)24-18(2)25(35)21(34)15-19(24)29(22,5)12-14-31(30,7)23(27)17-28/h15-16,23,34-35H,8-14,17H2,1-7H3,(H,32,36)/t23-,27-,28-,29+,30-,31+/m1/s1. The first-order valence-corrected chi connectivity index (χ1v) is 13.9. The van der Waals surface area contributed by atoms with Gasteiger partial charge in [0.25, 0.3) is 0 Å². The number of allylic oxidation sites excluding steroid dienone is 2. The third kappa shape index (κ3) is 3.43. The van der Waals surface area contributed by atoms with Gasteiger partial charge in [-0.15, -0.1) is 0 Å². The molecule has 4 aliphatic rings. The molecular formula is C31H43NO5. The lowest BCUT2D eigenvalue weighted by Gasteiger charge is -2.70. The van der Waals surface area contributed by atoms with Crippen molar-refractivity contribution in [2.45, 2.75) is 104 Å². The van der Waals surface area contributed by atoms with Crippen molar-refractivity contribution < 1.29 is 24.5 Å². The van der Waals surface area contributed by atoms with Gasteiger partial charge in [-0.05, 0) is 111 Å². The van der Waals surface area contributed by atoms with E-state index < -0.39 is 0 Å². The fourth-order valence-electron chi connectivity index (χ4n) is 9.05. The first-order valence-electron chi connectivity index (χ1n) is 13.9. The lowest BCUT2D eigenvalue weighted by Crippen LogP contribution is -2.64. The van der Waals surface area contributed by atoms with Crippen LogP contribution in [0.5, 0.6) is 11.5 Å². The molecule has 0 heterocycles. The summed E-state index contributed by atoms with van der Waals surface area (Å²) in [5.41, 5.74) is 2.20. The Balaban J connectivity index is 1.59. The van der Waals surface area contributed by atoms with Gasteiger partial charge in [0, 0.05) is 22.1 Å². The molecule has 0 saturated heterocycles. The number of carbonyl (C=O) groups is 2. The average Bonchev–Trinajstić information content (AvgIpc) is 2.82. The minimum Gasteiger partial charge on any atom is -0.504 e. The van der Waals surface area contributed by atoms with E-state index in [2.05, 4.69) is 39.9 Å². The molecular weight excluding hydrogens is 466 g/mol. The summed E-state index contributed by atoms with van der Waals surface area (Å²) in [7, 11) is 0. The lowest BCUT2D eigenvalue weighted by atomic mass is 9.35. The van der Waals surface area contributed by atoms with Crippen molar-refractivity contribution in [3.8, 4) is 11.5 Å². The molecule has 4 aliphatic carbocycles. The van der Waals surface area contributed by atoms with Crippen molar-refractivity contribution in [3.05, 3.63) is 34.4 Å². The van der Waals surface area contributed by atoms with Crippen LogP contribution in [-0.2, 0) is 10.2 Å². The fourth-order valence-corrected chi connectivity index (χ4v) is 9.05. The maximum absolute atomic E-state index is 13.6. The van der Waals surface area contributed by atoms with E-state index in [-0.39, 0.29) is 50.6 Å². The van der Waals surface area contributed by atoms with Crippen LogP contribution in [0.3, 0.4) is 0 Å². The minimum absolute atomic E-state index is 0.0604. The smallest absolute Gasteiger partial charge is 0.407 e. The molecule has 6 atom stereocenters. The van der Waals surface area contributed by atoms with Gasteiger partial charge in [-0.3, -0.25) is 4.79 Å². The average molecular weight is 510 g/mol. The number of fused-ring (bicyclic) bond motifs is 7. The summed E-state index contributed by atoms with van der Waals surface area (Å²) in [5, 5.41) is 24.1. The van der Waals surface area contributed by atoms with E-state index >= 15 is 0 Å². The zero-order valence-corrected chi connectivity index (χ0v) is 23.5. The number of ether oxygens (including phenoxy) is 1. The second-order valence-corrected chi connectivity index (χ2v) is 13.6. The van der Waals surface area contributed by atoms with Gasteiger partial charge >= 0.3 is 6.09 Å². The molecule has 3 fully saturated rings. The topological polar surface area (TPSA) is 95.9 Å². The van der Waals surface area contributed by atoms with Gasteiger partial charge in [0.2, 0.25) is 0 Å². The van der Waals surface area contributed by atoms with E-state index in [0.29, 0.717) is 23.7 Å². The Labute approximate surface area is 220 Å². The maximum Gasteiger partial charge on any atom is 0.407 e. The van der Waals surface area contributed by atoms with Gasteiger partial charge in [-0.2, -0.15) is 0 Å². The predicted molar refractivity (Wildman–Crippen MR) is 143 cm³/mol. The Hall–Kier alpha value is -2.50. The number of phenols is 2. The molecule has 0 unspecified atom stereocenters. The zero-order valence-electron chi connectivity index (χ0n) is 23.5. The number of carbonyl (C=O) groups excluding carboxylic acids is 2. The summed E-state index contributed by atoms with van der Waals surface area (Å²) in [4.78, 5) is 26.0. The second kappa shape index (κ2) is 8.00. The van der Waals surface area contributed by atoms with Gasteiger partial charge in [0.15, 0.2) is 17.3 Å². The van der Waals surface area contributed by atoms with E-state index in [9.17, 15) is 19.8 Å². The van der Waals surface area contributed by atoms with Gasteiger partial charge < -0.3 is 20.3 Å². The summed E-state index contributed by atoms with van der Waals surface area (Å²) in [5.74, 6) is -0.0689. The second-order valence-electron chi connectivity index (χ2n) is 13.6. The van der Waals surface area contributed by atoms with Crippen molar-refractivity contribution >= 4 is 11.9 Å². The Morgan fingerprint density at radius 1 is 1.05 bits per heavy atom. The SMILES string of the molecule is CCOC(=O)N[C@]1(C)CC[C@]2(C)CC[C@]3(C)C4=CC(=O)c5c(cc(O)c(O)c5C)[C@]4(C)CC[C@@]3(C)[C@@H]2C1. The van der Waals surface area contributed by atoms with Crippen LogP contribution in [0, 0.1) is 29.1 Å². The third-order valence-corrected chi connectivity index (χ3v) is 11.6. The Morgan fingerprint density at radius 3 is 2.41 bits per heavy atom. The summed E-state index contributed by atoms with van der Waals surface area (Å²) in [6.07, 6.45) is 8.33. The monoisotopic (exact) mass is 509 g/mol. The Kier molecular flexibility index (Phi) is 5.65. The van der Waals surface area contributed by atoms with Crippen LogP contribution < -0.4 is 5.32 Å². The number of amides is 1. The first kappa shape index (κ1) is 26.1. The van der Waals surface area contributed by atoms with Gasteiger partial charge in [-0.25, -0.2) is 4.79 Å². The lowest BCUT2D eigenvalue weighted by molar-refractivity contribution is -0.150. The molecule has 3 saturated carbocycles. The van der Waals surface area contributed by atoms with Crippen molar-refractivity contribution in [1.29, 1.82) is 0 Å². The van der Waals surface area contributed by atoms with E-state index in [0.717, 1.165) is 50.5 Å². The van der Waals surface area contributed by atoms with Crippen LogP contribution in [0.2, 0.25) is 0 Å². The normalized spacial score (nSPS) is 40.5. The number of aromatic hydroxyl groups is 2. The molecule has 5 rings (SSSR count). The largest absolute Gasteiger partial charge is 0.504 e. The highest BCUT2D eigenvalue weighted by Gasteiger charge is 2.67. The quantitative estimate of drug-likeness (QED) is 0.386. The van der Waals surface area contributed by atoms with Crippen molar-refractivity contribution in [3.63, 3.8) is 0 Å². The molecule has 0 bridgehead atoms. The van der Waals surface area contributed by atoms with E-state index in [4.69, 9.17) is 4.74 Å². The molecule has 1 amide bonds. The highest BCUT2D eigenvalue weighted by atomic mass is 16.5. The zero-order chi connectivity index (χ0) is 27.2. The highest BCUT2D eigenvalue weighted by Crippen LogP contribution is 2.74. The van der Waals surface area contributed by atoms with Crippen LogP contribution >= 0.6 is 0 Å². The van der Waals surface area contributed by atoms with E-state index in [1.165, 1.54) is 5.57 Å². The molecule has 0 spiro atoms. The molecule has 0 aliphatic heterocycles. The molecule has 202 valence electrons. The summed E-state index contributed by atoms with van der Waals surface area (Å²) >= 11 is 0. The van der Waals surface area contributed by atoms with Crippen LogP contribution in [0.4, 0.5) is 4.79 Å². The van der Waals surface area contributed by atoms with Gasteiger partial charge in [0.1, 0.15) is 0 Å². The molecule has 0 radical (unpaired) electrons. The first-order chi connectivity index (χ1) is 17.1. The Bertz CT molecular complexity index is 1220. The molecule has 6 nitrogen and oxygen atoms in total. The van der Waals surface area contributed by atoms with Crippen molar-refractivity contribution in [1.82, 2.24) is 5.32 Å². The molecule has 6 heteroatoms. The highest BCUT2D eigenvalue weighted by molar-refractivity contribution is 6.10. The molecule has 37 heavy (non-hydrogen) atoms. The number of ketones is 1. The van der Waals surface area contributed by atoms with Gasteiger partial charge in [-0.1, -0.05) is 27.7 Å². The van der Waals surface area contributed by atoms with Crippen LogP contribution in [-0.4, -0.2) is 34.2 Å². The fraction of sp³-hybridized carbons (Fsp3) is 0.677. The summed E-state index contributed by atoms with van der Waals surface area (Å²) in [6, 6.07) is 1.63. The van der Waals surface area contributed by atoms with Gasteiger partial charge in [0.05, 0.1) is 6.61 Å². The van der Waals surface area contributed by atoms with Crippen molar-refractivity contribution in [2.75, 3.05) is 6.61 Å². The van der Waals surface area contributed by atoms with E-state index in [1.54, 1.807) is 13.0 Å². The number of nitrogens with one attached hydrogen (secondary N) is 1. The number of alkyl carbamates (subject to hydrolysis) is 1.